The average molecular weight is 491 g/mol. The molecule has 0 unspecified atom stereocenters. The summed E-state index contributed by atoms with van der Waals surface area (Å²) in [7, 11) is 0. The van der Waals surface area contributed by atoms with Crippen molar-refractivity contribution in [2.24, 2.45) is 5.92 Å². The van der Waals surface area contributed by atoms with Crippen LogP contribution in [-0.2, 0) is 16.1 Å². The number of aromatic nitrogens is 2. The van der Waals surface area contributed by atoms with Crippen molar-refractivity contribution >= 4 is 23.0 Å². The second-order valence-corrected chi connectivity index (χ2v) is 10.6. The number of esters is 1. The molecular weight excluding hydrogens is 456 g/mol. The molecule has 1 saturated carbocycles. The van der Waals surface area contributed by atoms with Crippen LogP contribution in [0.3, 0.4) is 0 Å². The SMILES string of the molecule is CCOC(=O)[C@H]1CC[C@H](c2nnc(-c3ccc(N4CCN(Cc5ccccc5)CC4)cc3)s2)CC1. The van der Waals surface area contributed by atoms with Gasteiger partial charge in [0.25, 0.3) is 0 Å². The van der Waals surface area contributed by atoms with Crippen molar-refractivity contribution in [1.29, 1.82) is 0 Å². The lowest BCUT2D eigenvalue weighted by Crippen LogP contribution is -2.45. The Balaban J connectivity index is 1.14. The Kier molecular flexibility index (Phi) is 7.74. The molecule has 2 fully saturated rings. The first-order valence-electron chi connectivity index (χ1n) is 12.8. The molecule has 0 bridgehead atoms. The fraction of sp³-hybridized carbons (Fsp3) is 0.464. The molecule has 3 aromatic rings. The standard InChI is InChI=1S/C28H34N4O2S/c1-2-34-28(33)24-10-8-22(9-11-24)26-29-30-27(35-26)23-12-14-25(15-13-23)32-18-16-31(17-19-32)20-21-6-4-3-5-7-21/h3-7,12-15,22,24H,2,8-11,16-20H2,1H3/t22-,24-. The zero-order valence-electron chi connectivity index (χ0n) is 20.4. The summed E-state index contributed by atoms with van der Waals surface area (Å²) in [6.07, 6.45) is 3.72. The third kappa shape index (κ3) is 5.90. The lowest BCUT2D eigenvalue weighted by atomic mass is 9.82. The van der Waals surface area contributed by atoms with Crippen molar-refractivity contribution in [1.82, 2.24) is 15.1 Å². The Bertz CT molecular complexity index is 1090. The molecule has 0 amide bonds. The van der Waals surface area contributed by atoms with E-state index in [-0.39, 0.29) is 11.9 Å². The van der Waals surface area contributed by atoms with Crippen LogP contribution in [0, 0.1) is 5.92 Å². The van der Waals surface area contributed by atoms with E-state index in [1.807, 2.05) is 6.92 Å². The van der Waals surface area contributed by atoms with E-state index in [2.05, 4.69) is 74.6 Å². The van der Waals surface area contributed by atoms with Gasteiger partial charge in [0, 0.05) is 49.9 Å². The van der Waals surface area contributed by atoms with Crippen LogP contribution in [0.4, 0.5) is 5.69 Å². The molecule has 1 saturated heterocycles. The second kappa shape index (κ2) is 11.3. The van der Waals surface area contributed by atoms with Crippen LogP contribution in [0.25, 0.3) is 10.6 Å². The van der Waals surface area contributed by atoms with Crippen LogP contribution in [0.5, 0.6) is 0 Å². The fourth-order valence-corrected chi connectivity index (χ4v) is 6.19. The molecule has 7 heteroatoms. The molecule has 6 nitrogen and oxygen atoms in total. The first-order valence-corrected chi connectivity index (χ1v) is 13.6. The highest BCUT2D eigenvalue weighted by atomic mass is 32.1. The predicted octanol–water partition coefficient (Wildman–Crippen LogP) is 5.36. The number of anilines is 1. The molecule has 1 aliphatic carbocycles. The Morgan fingerprint density at radius 1 is 0.943 bits per heavy atom. The van der Waals surface area contributed by atoms with Gasteiger partial charge in [-0.3, -0.25) is 9.69 Å². The normalized spacial score (nSPS) is 21.1. The number of nitrogens with zero attached hydrogens (tertiary/aromatic N) is 4. The van der Waals surface area contributed by atoms with Gasteiger partial charge in [-0.15, -0.1) is 10.2 Å². The number of hydrogen-bond donors (Lipinski definition) is 0. The maximum atomic E-state index is 12.0. The zero-order chi connectivity index (χ0) is 24.0. The minimum absolute atomic E-state index is 0.0402. The van der Waals surface area contributed by atoms with E-state index >= 15 is 0 Å². The number of carbonyl (C=O) groups is 1. The third-order valence-corrected chi connectivity index (χ3v) is 8.37. The van der Waals surface area contributed by atoms with Gasteiger partial charge in [-0.1, -0.05) is 41.7 Å². The molecule has 0 atom stereocenters. The minimum Gasteiger partial charge on any atom is -0.466 e. The van der Waals surface area contributed by atoms with E-state index in [9.17, 15) is 4.79 Å². The summed E-state index contributed by atoms with van der Waals surface area (Å²) >= 11 is 1.70. The number of hydrogen-bond acceptors (Lipinski definition) is 7. The first-order chi connectivity index (χ1) is 17.2. The smallest absolute Gasteiger partial charge is 0.308 e. The molecule has 0 N–H and O–H groups in total. The third-order valence-electron chi connectivity index (χ3n) is 7.24. The van der Waals surface area contributed by atoms with Gasteiger partial charge in [-0.25, -0.2) is 0 Å². The lowest BCUT2D eigenvalue weighted by Gasteiger charge is -2.36. The zero-order valence-corrected chi connectivity index (χ0v) is 21.3. The van der Waals surface area contributed by atoms with E-state index in [0.717, 1.165) is 74.0 Å². The van der Waals surface area contributed by atoms with E-state index in [4.69, 9.17) is 4.74 Å². The van der Waals surface area contributed by atoms with Gasteiger partial charge < -0.3 is 9.64 Å². The maximum Gasteiger partial charge on any atom is 0.308 e. The van der Waals surface area contributed by atoms with Crippen LogP contribution >= 0.6 is 11.3 Å². The van der Waals surface area contributed by atoms with Crippen molar-refractivity contribution in [3.63, 3.8) is 0 Å². The van der Waals surface area contributed by atoms with Gasteiger partial charge in [-0.05, 0) is 62.4 Å². The molecule has 2 heterocycles. The number of benzene rings is 2. The van der Waals surface area contributed by atoms with Crippen molar-refractivity contribution in [2.45, 2.75) is 45.1 Å². The summed E-state index contributed by atoms with van der Waals surface area (Å²) in [5.41, 5.74) is 3.78. The van der Waals surface area contributed by atoms with Gasteiger partial charge >= 0.3 is 5.97 Å². The molecule has 5 rings (SSSR count). The summed E-state index contributed by atoms with van der Waals surface area (Å²) in [6, 6.07) is 19.5. The van der Waals surface area contributed by atoms with Gasteiger partial charge in [0.1, 0.15) is 10.0 Å². The monoisotopic (exact) mass is 490 g/mol. The Hall–Kier alpha value is -2.77. The molecular formula is C28H34N4O2S. The number of rotatable bonds is 7. The Morgan fingerprint density at radius 2 is 1.66 bits per heavy atom. The maximum absolute atomic E-state index is 12.0. The topological polar surface area (TPSA) is 58.6 Å². The first kappa shape index (κ1) is 23.9. The number of piperazine rings is 1. The van der Waals surface area contributed by atoms with Gasteiger partial charge in [0.05, 0.1) is 12.5 Å². The van der Waals surface area contributed by atoms with Crippen molar-refractivity contribution in [2.75, 3.05) is 37.7 Å². The van der Waals surface area contributed by atoms with E-state index in [1.54, 1.807) is 11.3 Å². The molecule has 1 aliphatic heterocycles. The highest BCUT2D eigenvalue weighted by Gasteiger charge is 2.29. The summed E-state index contributed by atoms with van der Waals surface area (Å²) in [6.45, 7) is 7.60. The van der Waals surface area contributed by atoms with E-state index in [1.165, 1.54) is 11.3 Å². The fourth-order valence-electron chi connectivity index (χ4n) is 5.17. The van der Waals surface area contributed by atoms with E-state index < -0.39 is 0 Å². The van der Waals surface area contributed by atoms with Crippen LogP contribution < -0.4 is 4.90 Å². The molecule has 184 valence electrons. The van der Waals surface area contributed by atoms with Crippen molar-refractivity contribution in [3.05, 3.63) is 65.2 Å². The summed E-state index contributed by atoms with van der Waals surface area (Å²) in [5.74, 6) is 0.409. The molecule has 1 aromatic heterocycles. The van der Waals surface area contributed by atoms with Gasteiger partial charge in [-0.2, -0.15) is 0 Å². The molecule has 2 aromatic carbocycles. The van der Waals surface area contributed by atoms with Gasteiger partial charge in [0.15, 0.2) is 0 Å². The highest BCUT2D eigenvalue weighted by molar-refractivity contribution is 7.14. The second-order valence-electron chi connectivity index (χ2n) is 9.54. The lowest BCUT2D eigenvalue weighted by molar-refractivity contribution is -0.149. The average Bonchev–Trinajstić information content (AvgIpc) is 3.41. The molecule has 0 spiro atoms. The quantitative estimate of drug-likeness (QED) is 0.415. The summed E-state index contributed by atoms with van der Waals surface area (Å²) in [5, 5.41) is 11.1. The Morgan fingerprint density at radius 3 is 2.34 bits per heavy atom. The number of carbonyl (C=O) groups excluding carboxylic acids is 1. The molecule has 2 aliphatic rings. The van der Waals surface area contributed by atoms with E-state index in [0.29, 0.717) is 12.5 Å². The summed E-state index contributed by atoms with van der Waals surface area (Å²) in [4.78, 5) is 17.0. The Labute approximate surface area is 211 Å². The number of ether oxygens (including phenoxy) is 1. The van der Waals surface area contributed by atoms with Crippen LogP contribution in [0.15, 0.2) is 54.6 Å². The van der Waals surface area contributed by atoms with Crippen molar-refractivity contribution in [3.8, 4) is 10.6 Å². The van der Waals surface area contributed by atoms with Crippen molar-refractivity contribution < 1.29 is 9.53 Å². The molecule has 35 heavy (non-hydrogen) atoms. The minimum atomic E-state index is -0.0402. The van der Waals surface area contributed by atoms with Crippen LogP contribution in [0.2, 0.25) is 0 Å². The summed E-state index contributed by atoms with van der Waals surface area (Å²) < 4.78 is 5.20. The van der Waals surface area contributed by atoms with Gasteiger partial charge in [0.2, 0.25) is 0 Å². The highest BCUT2D eigenvalue weighted by Crippen LogP contribution is 2.39. The largest absolute Gasteiger partial charge is 0.466 e. The molecule has 0 radical (unpaired) electrons. The predicted molar refractivity (Wildman–Crippen MR) is 141 cm³/mol. The van der Waals surface area contributed by atoms with Crippen LogP contribution in [-0.4, -0.2) is 53.9 Å². The van der Waals surface area contributed by atoms with Crippen LogP contribution in [0.1, 0.15) is 49.1 Å².